The van der Waals surface area contributed by atoms with Gasteiger partial charge in [-0.3, -0.25) is 4.79 Å². The lowest BCUT2D eigenvalue weighted by Gasteiger charge is -2.12. The topological polar surface area (TPSA) is 87.6 Å². The van der Waals surface area contributed by atoms with Crippen LogP contribution in [0.25, 0.3) is 21.7 Å². The number of amides is 1. The average molecular weight is 480 g/mol. The number of carbonyl (C=O) groups is 1. The first-order valence-electron chi connectivity index (χ1n) is 10.8. The van der Waals surface area contributed by atoms with Crippen LogP contribution in [-0.4, -0.2) is 12.1 Å². The van der Waals surface area contributed by atoms with Crippen molar-refractivity contribution in [3.63, 3.8) is 0 Å². The van der Waals surface area contributed by atoms with Gasteiger partial charge < -0.3 is 9.15 Å². The van der Waals surface area contributed by atoms with Crippen molar-refractivity contribution in [1.29, 1.82) is 5.26 Å². The summed E-state index contributed by atoms with van der Waals surface area (Å²) in [5.41, 5.74) is 5.12. The number of nitrogens with zero attached hydrogens (tertiary/aromatic N) is 2. The minimum absolute atomic E-state index is 0.127. The number of rotatable bonds is 6. The average Bonchev–Trinajstić information content (AvgIpc) is 3.31. The molecule has 7 heteroatoms. The van der Waals surface area contributed by atoms with Crippen LogP contribution in [0.4, 0.5) is 0 Å². The summed E-state index contributed by atoms with van der Waals surface area (Å²) in [6.07, 6.45) is 1.55. The predicted octanol–water partition coefficient (Wildman–Crippen LogP) is 6.45. The number of furan rings is 1. The molecule has 0 bridgehead atoms. The second-order valence-corrected chi connectivity index (χ2v) is 8.18. The molecular weight excluding hydrogens is 462 g/mol. The molecule has 0 saturated heterocycles. The van der Waals surface area contributed by atoms with Crippen molar-refractivity contribution in [2.24, 2.45) is 5.10 Å². The van der Waals surface area contributed by atoms with Crippen molar-refractivity contribution in [2.45, 2.75) is 6.61 Å². The number of hydrogen-bond acceptors (Lipinski definition) is 5. The van der Waals surface area contributed by atoms with Crippen molar-refractivity contribution < 1.29 is 13.9 Å². The SMILES string of the molecule is N#Cc1ccccc1COc1ccc2ccccc2c1/C=N/NC(=O)c1cc2cc(Cl)ccc2o1. The van der Waals surface area contributed by atoms with E-state index in [4.69, 9.17) is 20.8 Å². The minimum atomic E-state index is -0.487. The number of hydrazone groups is 1. The van der Waals surface area contributed by atoms with Crippen LogP contribution in [0.2, 0.25) is 5.02 Å². The van der Waals surface area contributed by atoms with Crippen molar-refractivity contribution in [3.8, 4) is 11.8 Å². The van der Waals surface area contributed by atoms with E-state index < -0.39 is 5.91 Å². The molecule has 0 radical (unpaired) electrons. The normalized spacial score (nSPS) is 11.1. The second kappa shape index (κ2) is 9.72. The van der Waals surface area contributed by atoms with E-state index in [1.54, 1.807) is 36.5 Å². The number of benzene rings is 4. The van der Waals surface area contributed by atoms with Crippen LogP contribution in [0.3, 0.4) is 0 Å². The molecule has 1 heterocycles. The van der Waals surface area contributed by atoms with Crippen LogP contribution in [0.5, 0.6) is 5.75 Å². The molecule has 0 aliphatic rings. The van der Waals surface area contributed by atoms with Crippen molar-refractivity contribution >= 4 is 45.5 Å². The van der Waals surface area contributed by atoms with Gasteiger partial charge in [0.2, 0.25) is 0 Å². The molecule has 0 unspecified atom stereocenters. The smallest absolute Gasteiger partial charge is 0.307 e. The minimum Gasteiger partial charge on any atom is -0.488 e. The summed E-state index contributed by atoms with van der Waals surface area (Å²) in [4.78, 5) is 12.6. The molecule has 35 heavy (non-hydrogen) atoms. The summed E-state index contributed by atoms with van der Waals surface area (Å²) >= 11 is 6.01. The molecule has 0 saturated carbocycles. The molecule has 1 amide bonds. The van der Waals surface area contributed by atoms with E-state index >= 15 is 0 Å². The third-order valence-corrected chi connectivity index (χ3v) is 5.75. The highest BCUT2D eigenvalue weighted by molar-refractivity contribution is 6.31. The fraction of sp³-hybridized carbons (Fsp3) is 0.0357. The van der Waals surface area contributed by atoms with Crippen LogP contribution in [0.15, 0.2) is 94.4 Å². The van der Waals surface area contributed by atoms with E-state index in [0.717, 1.165) is 21.7 Å². The molecule has 6 nitrogen and oxygen atoms in total. The first-order valence-corrected chi connectivity index (χ1v) is 11.2. The maximum absolute atomic E-state index is 12.6. The first kappa shape index (κ1) is 22.2. The molecule has 0 spiro atoms. The monoisotopic (exact) mass is 479 g/mol. The second-order valence-electron chi connectivity index (χ2n) is 7.75. The van der Waals surface area contributed by atoms with Crippen LogP contribution in [-0.2, 0) is 6.61 Å². The van der Waals surface area contributed by atoms with E-state index in [1.165, 1.54) is 0 Å². The molecule has 5 rings (SSSR count). The van der Waals surface area contributed by atoms with Crippen LogP contribution in [0.1, 0.15) is 27.2 Å². The zero-order chi connectivity index (χ0) is 24.2. The maximum Gasteiger partial charge on any atom is 0.307 e. The van der Waals surface area contributed by atoms with Gasteiger partial charge >= 0.3 is 5.91 Å². The number of hydrogen-bond donors (Lipinski definition) is 1. The Bertz CT molecular complexity index is 1630. The predicted molar refractivity (Wildman–Crippen MR) is 136 cm³/mol. The van der Waals surface area contributed by atoms with Crippen molar-refractivity contribution in [2.75, 3.05) is 0 Å². The fourth-order valence-electron chi connectivity index (χ4n) is 3.78. The molecular formula is C28H18ClN3O3. The fourth-order valence-corrected chi connectivity index (χ4v) is 3.96. The van der Waals surface area contributed by atoms with Gasteiger partial charge in [0.1, 0.15) is 17.9 Å². The maximum atomic E-state index is 12.6. The summed E-state index contributed by atoms with van der Waals surface area (Å²) in [5, 5.41) is 16.7. The molecule has 4 aromatic carbocycles. The lowest BCUT2D eigenvalue weighted by Crippen LogP contribution is -2.16. The lowest BCUT2D eigenvalue weighted by molar-refractivity contribution is 0.0929. The largest absolute Gasteiger partial charge is 0.488 e. The van der Waals surface area contributed by atoms with Crippen molar-refractivity contribution in [3.05, 3.63) is 112 Å². The highest BCUT2D eigenvalue weighted by Gasteiger charge is 2.13. The Morgan fingerprint density at radius 3 is 2.74 bits per heavy atom. The van der Waals surface area contributed by atoms with E-state index in [0.29, 0.717) is 27.5 Å². The summed E-state index contributed by atoms with van der Waals surface area (Å²) in [6.45, 7) is 0.219. The molecule has 0 aliphatic heterocycles. The number of nitriles is 1. The Morgan fingerprint density at radius 1 is 1.03 bits per heavy atom. The number of ether oxygens (including phenoxy) is 1. The Kier molecular flexibility index (Phi) is 6.16. The number of fused-ring (bicyclic) bond motifs is 2. The van der Waals surface area contributed by atoms with Gasteiger partial charge in [-0.2, -0.15) is 10.4 Å². The Hall–Kier alpha value is -4.60. The van der Waals surface area contributed by atoms with Gasteiger partial charge in [-0.25, -0.2) is 5.43 Å². The quantitative estimate of drug-likeness (QED) is 0.224. The molecule has 0 atom stereocenters. The standard InChI is InChI=1S/C28H18ClN3O3/c29-22-10-12-25-21(13-22)14-27(35-25)28(33)32-31-16-24-23-8-4-3-5-18(23)9-11-26(24)34-17-20-7-2-1-6-19(20)15-30/h1-14,16H,17H2,(H,32,33)/b31-16+. The lowest BCUT2D eigenvalue weighted by atomic mass is 10.0. The van der Waals surface area contributed by atoms with E-state index in [-0.39, 0.29) is 12.4 Å². The molecule has 1 aromatic heterocycles. The third kappa shape index (κ3) is 4.72. The molecule has 5 aromatic rings. The Labute approximate surface area is 206 Å². The van der Waals surface area contributed by atoms with Crippen LogP contribution in [0, 0.1) is 11.3 Å². The molecule has 170 valence electrons. The summed E-state index contributed by atoms with van der Waals surface area (Å²) in [5.74, 6) is 0.217. The number of nitrogens with one attached hydrogen (secondary N) is 1. The van der Waals surface area contributed by atoms with E-state index in [9.17, 15) is 10.1 Å². The summed E-state index contributed by atoms with van der Waals surface area (Å²) in [7, 11) is 0. The van der Waals surface area contributed by atoms with Crippen LogP contribution >= 0.6 is 11.6 Å². The van der Waals surface area contributed by atoms with Crippen molar-refractivity contribution in [1.82, 2.24) is 5.43 Å². The van der Waals surface area contributed by atoms with Gasteiger partial charge in [-0.05, 0) is 47.2 Å². The van der Waals surface area contributed by atoms with Gasteiger partial charge in [0.05, 0.1) is 17.8 Å². The molecule has 0 fully saturated rings. The summed E-state index contributed by atoms with van der Waals surface area (Å²) in [6, 6.07) is 27.8. The third-order valence-electron chi connectivity index (χ3n) is 5.51. The van der Waals surface area contributed by atoms with Gasteiger partial charge in [-0.1, -0.05) is 60.1 Å². The molecule has 0 aliphatic carbocycles. The Balaban J connectivity index is 1.40. The van der Waals surface area contributed by atoms with E-state index in [2.05, 4.69) is 16.6 Å². The van der Waals surface area contributed by atoms with E-state index in [1.807, 2.05) is 54.6 Å². The number of halogens is 1. The number of carbonyl (C=O) groups excluding carboxylic acids is 1. The Morgan fingerprint density at radius 2 is 1.86 bits per heavy atom. The highest BCUT2D eigenvalue weighted by Crippen LogP contribution is 2.28. The zero-order valence-corrected chi connectivity index (χ0v) is 19.1. The highest BCUT2D eigenvalue weighted by atomic mass is 35.5. The van der Waals surface area contributed by atoms with Gasteiger partial charge in [-0.15, -0.1) is 0 Å². The van der Waals surface area contributed by atoms with Gasteiger partial charge in [0.25, 0.3) is 0 Å². The van der Waals surface area contributed by atoms with Gasteiger partial charge in [0, 0.05) is 21.5 Å². The van der Waals surface area contributed by atoms with Crippen LogP contribution < -0.4 is 10.2 Å². The summed E-state index contributed by atoms with van der Waals surface area (Å²) < 4.78 is 11.7. The zero-order valence-electron chi connectivity index (χ0n) is 18.4. The molecule has 1 N–H and O–H groups in total. The first-order chi connectivity index (χ1) is 17.1. The van der Waals surface area contributed by atoms with Gasteiger partial charge in [0.15, 0.2) is 5.76 Å².